The van der Waals surface area contributed by atoms with Gasteiger partial charge in [-0.3, -0.25) is 14.6 Å². The molecule has 0 bridgehead atoms. The number of aromatic nitrogens is 1. The number of ether oxygens (including phenoxy) is 1. The van der Waals surface area contributed by atoms with Crippen LogP contribution in [0.4, 0.5) is 0 Å². The van der Waals surface area contributed by atoms with Crippen LogP contribution in [0.3, 0.4) is 0 Å². The summed E-state index contributed by atoms with van der Waals surface area (Å²) in [6.07, 6.45) is 3.77. The molecule has 1 aromatic heterocycles. The topological polar surface area (TPSA) is 79.7 Å². The summed E-state index contributed by atoms with van der Waals surface area (Å²) in [6.45, 7) is 5.34. The van der Waals surface area contributed by atoms with Gasteiger partial charge in [0, 0.05) is 44.3 Å². The van der Waals surface area contributed by atoms with Gasteiger partial charge in [0.15, 0.2) is 0 Å². The second kappa shape index (κ2) is 9.07. The van der Waals surface area contributed by atoms with Gasteiger partial charge in [-0.1, -0.05) is 6.92 Å². The van der Waals surface area contributed by atoms with Gasteiger partial charge in [0.2, 0.25) is 0 Å². The number of pyridine rings is 1. The van der Waals surface area contributed by atoms with Crippen molar-refractivity contribution in [3.8, 4) is 0 Å². The van der Waals surface area contributed by atoms with Crippen molar-refractivity contribution in [2.45, 2.75) is 20.3 Å². The molecule has 0 aliphatic heterocycles. The standard InChI is InChI=1S/C15H22N2O4/c1-3-21-10-4-9-17(11-12(2)15(19)20)14(18)13-5-7-16-8-6-13/h5-8,12H,3-4,9-11H2,1-2H3,(H,19,20). The van der Waals surface area contributed by atoms with Crippen LogP contribution in [0.1, 0.15) is 30.6 Å². The molecular formula is C15H22N2O4. The van der Waals surface area contributed by atoms with Crippen molar-refractivity contribution < 1.29 is 19.4 Å². The zero-order chi connectivity index (χ0) is 15.7. The molecule has 0 spiro atoms. The molecule has 1 amide bonds. The molecule has 1 aromatic rings. The van der Waals surface area contributed by atoms with Crippen molar-refractivity contribution in [2.75, 3.05) is 26.3 Å². The van der Waals surface area contributed by atoms with Crippen molar-refractivity contribution >= 4 is 11.9 Å². The van der Waals surface area contributed by atoms with E-state index in [1.807, 2.05) is 6.92 Å². The Morgan fingerprint density at radius 3 is 2.62 bits per heavy atom. The van der Waals surface area contributed by atoms with Gasteiger partial charge in [-0.25, -0.2) is 0 Å². The van der Waals surface area contributed by atoms with Gasteiger partial charge >= 0.3 is 5.97 Å². The maximum atomic E-state index is 12.4. The molecule has 6 nitrogen and oxygen atoms in total. The Hall–Kier alpha value is -1.95. The maximum Gasteiger partial charge on any atom is 0.308 e. The highest BCUT2D eigenvalue weighted by molar-refractivity contribution is 5.94. The molecule has 21 heavy (non-hydrogen) atoms. The van der Waals surface area contributed by atoms with E-state index in [2.05, 4.69) is 4.98 Å². The Morgan fingerprint density at radius 1 is 1.38 bits per heavy atom. The van der Waals surface area contributed by atoms with Crippen LogP contribution in [0, 0.1) is 5.92 Å². The second-order valence-electron chi connectivity index (χ2n) is 4.78. The maximum absolute atomic E-state index is 12.4. The normalized spacial score (nSPS) is 11.9. The molecule has 6 heteroatoms. The lowest BCUT2D eigenvalue weighted by molar-refractivity contribution is -0.141. The summed E-state index contributed by atoms with van der Waals surface area (Å²) >= 11 is 0. The number of hydrogen-bond acceptors (Lipinski definition) is 4. The van der Waals surface area contributed by atoms with Crippen molar-refractivity contribution in [2.24, 2.45) is 5.92 Å². The average molecular weight is 294 g/mol. The number of carbonyl (C=O) groups is 2. The molecule has 1 unspecified atom stereocenters. The largest absolute Gasteiger partial charge is 0.481 e. The van der Waals surface area contributed by atoms with E-state index in [1.54, 1.807) is 36.4 Å². The summed E-state index contributed by atoms with van der Waals surface area (Å²) in [4.78, 5) is 28.9. The summed E-state index contributed by atoms with van der Waals surface area (Å²) in [5.41, 5.74) is 0.513. The van der Waals surface area contributed by atoms with Gasteiger partial charge in [0.05, 0.1) is 5.92 Å². The zero-order valence-electron chi connectivity index (χ0n) is 12.5. The predicted molar refractivity (Wildman–Crippen MR) is 78.1 cm³/mol. The van der Waals surface area contributed by atoms with Gasteiger partial charge in [0.1, 0.15) is 0 Å². The fraction of sp³-hybridized carbons (Fsp3) is 0.533. The van der Waals surface area contributed by atoms with E-state index in [1.165, 1.54) is 0 Å². The number of aliphatic carboxylic acids is 1. The third kappa shape index (κ3) is 5.91. The van der Waals surface area contributed by atoms with Crippen LogP contribution in [0.25, 0.3) is 0 Å². The van der Waals surface area contributed by atoms with Crippen LogP contribution in [-0.2, 0) is 9.53 Å². The highest BCUT2D eigenvalue weighted by atomic mass is 16.5. The van der Waals surface area contributed by atoms with Crippen LogP contribution >= 0.6 is 0 Å². The van der Waals surface area contributed by atoms with Crippen LogP contribution < -0.4 is 0 Å². The molecule has 1 N–H and O–H groups in total. The minimum atomic E-state index is -0.910. The Balaban J connectivity index is 2.70. The first-order valence-electron chi connectivity index (χ1n) is 7.06. The van der Waals surface area contributed by atoms with Gasteiger partial charge in [-0.2, -0.15) is 0 Å². The van der Waals surface area contributed by atoms with Crippen molar-refractivity contribution in [1.29, 1.82) is 0 Å². The zero-order valence-corrected chi connectivity index (χ0v) is 12.5. The van der Waals surface area contributed by atoms with Gasteiger partial charge in [-0.15, -0.1) is 0 Å². The van der Waals surface area contributed by atoms with Gasteiger partial charge in [-0.05, 0) is 25.5 Å². The smallest absolute Gasteiger partial charge is 0.308 e. The number of rotatable bonds is 9. The third-order valence-corrected chi connectivity index (χ3v) is 3.05. The van der Waals surface area contributed by atoms with Crippen molar-refractivity contribution in [3.63, 3.8) is 0 Å². The predicted octanol–water partition coefficient (Wildman–Crippen LogP) is 1.67. The molecule has 1 atom stereocenters. The molecule has 0 aliphatic carbocycles. The lowest BCUT2D eigenvalue weighted by atomic mass is 10.1. The fourth-order valence-electron chi connectivity index (χ4n) is 1.86. The minimum absolute atomic E-state index is 0.179. The SMILES string of the molecule is CCOCCCN(CC(C)C(=O)O)C(=O)c1ccncc1. The first-order chi connectivity index (χ1) is 10.1. The van der Waals surface area contributed by atoms with Crippen molar-refractivity contribution in [1.82, 2.24) is 9.88 Å². The Labute approximate surface area is 124 Å². The summed E-state index contributed by atoms with van der Waals surface area (Å²) < 4.78 is 5.26. The van der Waals surface area contributed by atoms with E-state index < -0.39 is 11.9 Å². The second-order valence-corrected chi connectivity index (χ2v) is 4.78. The van der Waals surface area contributed by atoms with Crippen LogP contribution in [0.5, 0.6) is 0 Å². The first-order valence-corrected chi connectivity index (χ1v) is 7.06. The van der Waals surface area contributed by atoms with E-state index >= 15 is 0 Å². The summed E-state index contributed by atoms with van der Waals surface area (Å²) in [5, 5.41) is 9.02. The first kappa shape index (κ1) is 17.1. The van der Waals surface area contributed by atoms with Gasteiger partial charge < -0.3 is 14.7 Å². The molecule has 0 aliphatic rings. The molecule has 0 radical (unpaired) electrons. The molecule has 1 heterocycles. The number of hydrogen-bond donors (Lipinski definition) is 1. The highest BCUT2D eigenvalue weighted by Crippen LogP contribution is 2.08. The van der Waals surface area contributed by atoms with E-state index in [9.17, 15) is 9.59 Å². The van der Waals surface area contributed by atoms with E-state index in [0.717, 1.165) is 0 Å². The van der Waals surface area contributed by atoms with E-state index in [4.69, 9.17) is 9.84 Å². The van der Waals surface area contributed by atoms with Crippen molar-refractivity contribution in [3.05, 3.63) is 30.1 Å². The quantitative estimate of drug-likeness (QED) is 0.701. The van der Waals surface area contributed by atoms with Crippen LogP contribution in [0.2, 0.25) is 0 Å². The van der Waals surface area contributed by atoms with Crippen LogP contribution in [0.15, 0.2) is 24.5 Å². The third-order valence-electron chi connectivity index (χ3n) is 3.05. The number of carbonyl (C=O) groups excluding carboxylic acids is 1. The lowest BCUT2D eigenvalue weighted by Gasteiger charge is -2.24. The van der Waals surface area contributed by atoms with Crippen LogP contribution in [-0.4, -0.2) is 53.2 Å². The van der Waals surface area contributed by atoms with E-state index in [0.29, 0.717) is 31.7 Å². The molecule has 0 saturated heterocycles. The Bertz CT molecular complexity index is 450. The number of nitrogens with zero attached hydrogens (tertiary/aromatic N) is 2. The number of carboxylic acid groups (broad SMARTS) is 1. The molecule has 0 saturated carbocycles. The Kier molecular flexibility index (Phi) is 7.39. The molecule has 1 rings (SSSR count). The molecule has 0 fully saturated rings. The monoisotopic (exact) mass is 294 g/mol. The van der Waals surface area contributed by atoms with Gasteiger partial charge in [0.25, 0.3) is 5.91 Å². The summed E-state index contributed by atoms with van der Waals surface area (Å²) in [7, 11) is 0. The minimum Gasteiger partial charge on any atom is -0.481 e. The number of amides is 1. The molecular weight excluding hydrogens is 272 g/mol. The fourth-order valence-corrected chi connectivity index (χ4v) is 1.86. The number of carboxylic acids is 1. The Morgan fingerprint density at radius 2 is 2.05 bits per heavy atom. The highest BCUT2D eigenvalue weighted by Gasteiger charge is 2.21. The molecule has 116 valence electrons. The summed E-state index contributed by atoms with van der Waals surface area (Å²) in [6, 6.07) is 3.26. The summed E-state index contributed by atoms with van der Waals surface area (Å²) in [5.74, 6) is -1.70. The molecule has 0 aromatic carbocycles. The lowest BCUT2D eigenvalue weighted by Crippen LogP contribution is -2.38. The van der Waals surface area contributed by atoms with E-state index in [-0.39, 0.29) is 12.5 Å². The average Bonchev–Trinajstić information content (AvgIpc) is 2.50.